The van der Waals surface area contributed by atoms with Gasteiger partial charge in [-0.1, -0.05) is 6.07 Å². The van der Waals surface area contributed by atoms with Crippen LogP contribution in [0, 0.1) is 32.1 Å². The van der Waals surface area contributed by atoms with Gasteiger partial charge in [0.25, 0.3) is 5.91 Å². The molecule has 0 aliphatic rings. The Labute approximate surface area is 155 Å². The van der Waals surface area contributed by atoms with Gasteiger partial charge in [-0.15, -0.1) is 11.3 Å². The van der Waals surface area contributed by atoms with Gasteiger partial charge in [0.05, 0.1) is 12.0 Å². The summed E-state index contributed by atoms with van der Waals surface area (Å²) in [5, 5.41) is 14.2. The summed E-state index contributed by atoms with van der Waals surface area (Å²) in [5.74, 6) is -0.0658. The summed E-state index contributed by atoms with van der Waals surface area (Å²) in [6, 6.07) is 9.48. The second kappa shape index (κ2) is 7.38. The quantitative estimate of drug-likeness (QED) is 0.529. The van der Waals surface area contributed by atoms with Crippen LogP contribution in [-0.4, -0.2) is 10.9 Å². The first-order valence-electron chi connectivity index (χ1n) is 7.98. The SMILES string of the molecule is Cc1cc(C)c(-c2csc(NC(=O)/C(C#N)=C/c3ccco3)n2)cc1C. The summed E-state index contributed by atoms with van der Waals surface area (Å²) in [6.45, 7) is 6.18. The van der Waals surface area contributed by atoms with Gasteiger partial charge in [-0.25, -0.2) is 4.98 Å². The van der Waals surface area contributed by atoms with Gasteiger partial charge in [0.1, 0.15) is 17.4 Å². The summed E-state index contributed by atoms with van der Waals surface area (Å²) in [5.41, 5.74) is 5.36. The Morgan fingerprint density at radius 2 is 2.04 bits per heavy atom. The van der Waals surface area contributed by atoms with Crippen molar-refractivity contribution in [2.75, 3.05) is 5.32 Å². The lowest BCUT2D eigenvalue weighted by Gasteiger charge is -2.07. The number of thiazole rings is 1. The molecule has 0 aliphatic heterocycles. The number of nitriles is 1. The number of hydrogen-bond acceptors (Lipinski definition) is 5. The fraction of sp³-hybridized carbons (Fsp3) is 0.150. The lowest BCUT2D eigenvalue weighted by Crippen LogP contribution is -2.13. The molecule has 5 nitrogen and oxygen atoms in total. The standard InChI is InChI=1S/C20H17N3O2S/c1-12-7-14(3)17(8-13(12)2)18-11-26-20(22-18)23-19(24)15(10-21)9-16-5-4-6-25-16/h4-9,11H,1-3H3,(H,22,23,24)/b15-9+. The second-order valence-electron chi connectivity index (χ2n) is 5.93. The van der Waals surface area contributed by atoms with Gasteiger partial charge in [0, 0.05) is 17.0 Å². The molecule has 0 saturated heterocycles. The Morgan fingerprint density at radius 1 is 1.27 bits per heavy atom. The van der Waals surface area contributed by atoms with Gasteiger partial charge in [-0.05, 0) is 55.7 Å². The minimum atomic E-state index is -0.512. The highest BCUT2D eigenvalue weighted by Crippen LogP contribution is 2.29. The van der Waals surface area contributed by atoms with Crippen LogP contribution in [0.3, 0.4) is 0 Å². The first kappa shape index (κ1) is 17.6. The molecule has 0 atom stereocenters. The Kier molecular flexibility index (Phi) is 5.01. The van der Waals surface area contributed by atoms with E-state index in [1.54, 1.807) is 12.1 Å². The maximum atomic E-state index is 12.3. The number of rotatable bonds is 4. The summed E-state index contributed by atoms with van der Waals surface area (Å²) in [4.78, 5) is 16.8. The molecule has 130 valence electrons. The number of furan rings is 1. The van der Waals surface area contributed by atoms with E-state index in [0.29, 0.717) is 10.9 Å². The molecule has 6 heteroatoms. The zero-order valence-electron chi connectivity index (χ0n) is 14.7. The zero-order chi connectivity index (χ0) is 18.7. The van der Waals surface area contributed by atoms with Crippen LogP contribution < -0.4 is 5.32 Å². The molecule has 2 aromatic heterocycles. The van der Waals surface area contributed by atoms with E-state index in [0.717, 1.165) is 16.8 Å². The van der Waals surface area contributed by atoms with Crippen LogP contribution in [0.4, 0.5) is 5.13 Å². The zero-order valence-corrected chi connectivity index (χ0v) is 15.5. The molecule has 3 rings (SSSR count). The second-order valence-corrected chi connectivity index (χ2v) is 6.79. The van der Waals surface area contributed by atoms with E-state index in [4.69, 9.17) is 4.42 Å². The minimum absolute atomic E-state index is 0.0425. The summed E-state index contributed by atoms with van der Waals surface area (Å²) < 4.78 is 5.14. The van der Waals surface area contributed by atoms with Crippen LogP contribution in [0.1, 0.15) is 22.5 Å². The molecule has 0 bridgehead atoms. The monoisotopic (exact) mass is 363 g/mol. The van der Waals surface area contributed by atoms with Crippen LogP contribution in [0.2, 0.25) is 0 Å². The van der Waals surface area contributed by atoms with E-state index < -0.39 is 5.91 Å². The molecule has 0 fully saturated rings. The van der Waals surface area contributed by atoms with Crippen molar-refractivity contribution in [2.45, 2.75) is 20.8 Å². The molecule has 26 heavy (non-hydrogen) atoms. The predicted octanol–water partition coefficient (Wildman–Crippen LogP) is 4.87. The lowest BCUT2D eigenvalue weighted by molar-refractivity contribution is -0.112. The average molecular weight is 363 g/mol. The van der Waals surface area contributed by atoms with E-state index >= 15 is 0 Å². The average Bonchev–Trinajstić information content (AvgIpc) is 3.27. The number of amides is 1. The molecule has 0 saturated carbocycles. The third kappa shape index (κ3) is 3.73. The minimum Gasteiger partial charge on any atom is -0.465 e. The molecule has 1 aromatic carbocycles. The smallest absolute Gasteiger partial charge is 0.268 e. The summed E-state index contributed by atoms with van der Waals surface area (Å²) in [7, 11) is 0. The van der Waals surface area contributed by atoms with Gasteiger partial charge < -0.3 is 4.42 Å². The number of hydrogen-bond donors (Lipinski definition) is 1. The molecular weight excluding hydrogens is 346 g/mol. The highest BCUT2D eigenvalue weighted by atomic mass is 32.1. The first-order chi connectivity index (χ1) is 12.5. The van der Waals surface area contributed by atoms with Crippen LogP contribution in [0.15, 0.2) is 45.9 Å². The molecule has 0 radical (unpaired) electrons. The van der Waals surface area contributed by atoms with Crippen molar-refractivity contribution < 1.29 is 9.21 Å². The molecular formula is C20H17N3O2S. The van der Waals surface area contributed by atoms with Crippen LogP contribution in [0.25, 0.3) is 17.3 Å². The number of anilines is 1. The fourth-order valence-electron chi connectivity index (χ4n) is 2.52. The van der Waals surface area contributed by atoms with Gasteiger partial charge in [-0.3, -0.25) is 10.1 Å². The predicted molar refractivity (Wildman–Crippen MR) is 103 cm³/mol. The van der Waals surface area contributed by atoms with Crippen molar-refractivity contribution >= 4 is 28.5 Å². The number of aryl methyl sites for hydroxylation is 3. The highest BCUT2D eigenvalue weighted by Gasteiger charge is 2.14. The molecule has 3 aromatic rings. The van der Waals surface area contributed by atoms with Gasteiger partial charge in [0.15, 0.2) is 5.13 Å². The topological polar surface area (TPSA) is 78.9 Å². The normalized spacial score (nSPS) is 11.2. The van der Waals surface area contributed by atoms with Gasteiger partial charge >= 0.3 is 0 Å². The summed E-state index contributed by atoms with van der Waals surface area (Å²) in [6.07, 6.45) is 2.88. The number of benzene rings is 1. The van der Waals surface area contributed by atoms with E-state index in [-0.39, 0.29) is 5.57 Å². The van der Waals surface area contributed by atoms with E-state index in [9.17, 15) is 10.1 Å². The Morgan fingerprint density at radius 3 is 2.73 bits per heavy atom. The summed E-state index contributed by atoms with van der Waals surface area (Å²) >= 11 is 1.32. The number of carbonyl (C=O) groups is 1. The number of carbonyl (C=O) groups excluding carboxylic acids is 1. The van der Waals surface area contributed by atoms with Crippen LogP contribution in [-0.2, 0) is 4.79 Å². The maximum absolute atomic E-state index is 12.3. The van der Waals surface area contributed by atoms with Crippen LogP contribution in [0.5, 0.6) is 0 Å². The molecule has 1 amide bonds. The van der Waals surface area contributed by atoms with Gasteiger partial charge in [-0.2, -0.15) is 5.26 Å². The molecule has 2 heterocycles. The molecule has 0 spiro atoms. The van der Waals surface area contributed by atoms with Crippen molar-refractivity contribution in [1.29, 1.82) is 5.26 Å². The Hall–Kier alpha value is -3.17. The number of aromatic nitrogens is 1. The van der Waals surface area contributed by atoms with Crippen molar-refractivity contribution in [2.24, 2.45) is 0 Å². The number of nitrogens with one attached hydrogen (secondary N) is 1. The maximum Gasteiger partial charge on any atom is 0.268 e. The van der Waals surface area contributed by atoms with E-state index in [1.165, 1.54) is 34.8 Å². The van der Waals surface area contributed by atoms with Crippen molar-refractivity contribution in [3.63, 3.8) is 0 Å². The van der Waals surface area contributed by atoms with Crippen molar-refractivity contribution in [3.05, 3.63) is 63.9 Å². The van der Waals surface area contributed by atoms with E-state index in [2.05, 4.69) is 36.3 Å². The number of nitrogens with zero attached hydrogens (tertiary/aromatic N) is 2. The van der Waals surface area contributed by atoms with Crippen molar-refractivity contribution in [3.8, 4) is 17.3 Å². The van der Waals surface area contributed by atoms with Crippen molar-refractivity contribution in [1.82, 2.24) is 4.98 Å². The Bertz CT molecular complexity index is 1020. The first-order valence-corrected chi connectivity index (χ1v) is 8.86. The molecule has 0 aliphatic carbocycles. The largest absolute Gasteiger partial charge is 0.465 e. The fourth-order valence-corrected chi connectivity index (χ4v) is 3.23. The molecule has 0 unspecified atom stereocenters. The third-order valence-corrected chi connectivity index (χ3v) is 4.79. The van der Waals surface area contributed by atoms with Crippen LogP contribution >= 0.6 is 11.3 Å². The lowest BCUT2D eigenvalue weighted by atomic mass is 9.99. The third-order valence-electron chi connectivity index (χ3n) is 4.04. The molecule has 1 N–H and O–H groups in total. The highest BCUT2D eigenvalue weighted by molar-refractivity contribution is 7.14. The Balaban J connectivity index is 1.81. The van der Waals surface area contributed by atoms with E-state index in [1.807, 2.05) is 18.4 Å². The van der Waals surface area contributed by atoms with Gasteiger partial charge in [0.2, 0.25) is 0 Å².